The minimum Gasteiger partial charge on any atom is -0.480 e. The second kappa shape index (κ2) is 17.0. The van der Waals surface area contributed by atoms with Gasteiger partial charge in [0.15, 0.2) is 5.96 Å². The molecule has 0 fully saturated rings. The molecule has 0 rings (SSSR count). The van der Waals surface area contributed by atoms with E-state index in [0.29, 0.717) is 25.8 Å². The molecular formula is C21H41N9O6. The number of aliphatic carboxylic acids is 1. The van der Waals surface area contributed by atoms with Crippen LogP contribution in [-0.2, 0) is 24.0 Å². The summed E-state index contributed by atoms with van der Waals surface area (Å²) in [6.07, 6.45) is 1.21. The lowest BCUT2D eigenvalue weighted by atomic mass is 10.0. The minimum absolute atomic E-state index is 0.0593. The summed E-state index contributed by atoms with van der Waals surface area (Å²) in [5.74, 6) is -4.67. The molecule has 14 N–H and O–H groups in total. The second-order valence-electron chi connectivity index (χ2n) is 8.70. The van der Waals surface area contributed by atoms with Gasteiger partial charge in [-0.2, -0.15) is 0 Å². The van der Waals surface area contributed by atoms with Crippen LogP contribution < -0.4 is 44.6 Å². The van der Waals surface area contributed by atoms with Gasteiger partial charge in [-0.15, -0.1) is 0 Å². The van der Waals surface area contributed by atoms with Crippen LogP contribution in [0.5, 0.6) is 0 Å². The Kier molecular flexibility index (Phi) is 15.4. The summed E-state index contributed by atoms with van der Waals surface area (Å²) in [5.41, 5.74) is 26.7. The third-order valence-electron chi connectivity index (χ3n) is 5.14. The Morgan fingerprint density at radius 2 is 1.42 bits per heavy atom. The van der Waals surface area contributed by atoms with Gasteiger partial charge in [0.2, 0.25) is 23.6 Å². The normalized spacial score (nSPS) is 14.1. The highest BCUT2D eigenvalue weighted by Crippen LogP contribution is 2.08. The van der Waals surface area contributed by atoms with E-state index in [0.717, 1.165) is 0 Å². The summed E-state index contributed by atoms with van der Waals surface area (Å²) in [4.78, 5) is 64.7. The number of carboxylic acid groups (broad SMARTS) is 1. The highest BCUT2D eigenvalue weighted by molar-refractivity contribution is 5.95. The molecule has 0 aromatic rings. The molecule has 0 radical (unpaired) electrons. The van der Waals surface area contributed by atoms with Crippen molar-refractivity contribution in [1.29, 1.82) is 0 Å². The van der Waals surface area contributed by atoms with Crippen molar-refractivity contribution in [2.24, 2.45) is 39.6 Å². The molecule has 0 saturated heterocycles. The van der Waals surface area contributed by atoms with E-state index in [-0.39, 0.29) is 25.3 Å². The molecule has 206 valence electrons. The van der Waals surface area contributed by atoms with Crippen molar-refractivity contribution in [3.05, 3.63) is 0 Å². The number of amides is 4. The highest BCUT2D eigenvalue weighted by atomic mass is 16.4. The van der Waals surface area contributed by atoms with Gasteiger partial charge in [0.1, 0.15) is 18.1 Å². The molecule has 0 spiro atoms. The van der Waals surface area contributed by atoms with Gasteiger partial charge >= 0.3 is 5.97 Å². The molecular weight excluding hydrogens is 474 g/mol. The number of nitrogens with one attached hydrogen (secondary N) is 3. The lowest BCUT2D eigenvalue weighted by Gasteiger charge is -2.27. The van der Waals surface area contributed by atoms with Gasteiger partial charge in [-0.3, -0.25) is 24.2 Å². The average molecular weight is 516 g/mol. The third-order valence-corrected chi connectivity index (χ3v) is 5.14. The van der Waals surface area contributed by atoms with Gasteiger partial charge in [-0.1, -0.05) is 13.8 Å². The molecule has 15 nitrogen and oxygen atoms in total. The molecule has 0 aromatic carbocycles. The van der Waals surface area contributed by atoms with Crippen molar-refractivity contribution in [3.63, 3.8) is 0 Å². The number of primary amides is 1. The van der Waals surface area contributed by atoms with Crippen molar-refractivity contribution in [3.8, 4) is 0 Å². The fourth-order valence-corrected chi connectivity index (χ4v) is 3.16. The number of rotatable bonds is 18. The number of hydrogen-bond donors (Lipinski definition) is 9. The zero-order valence-electron chi connectivity index (χ0n) is 20.9. The number of guanidine groups is 1. The predicted molar refractivity (Wildman–Crippen MR) is 133 cm³/mol. The lowest BCUT2D eigenvalue weighted by molar-refractivity contribution is -0.142. The Bertz CT molecular complexity index is 786. The maximum absolute atomic E-state index is 13.0. The van der Waals surface area contributed by atoms with Crippen LogP contribution in [0, 0.1) is 5.92 Å². The molecule has 0 aliphatic heterocycles. The van der Waals surface area contributed by atoms with Gasteiger partial charge in [0.05, 0.1) is 12.5 Å². The first kappa shape index (κ1) is 32.5. The lowest BCUT2D eigenvalue weighted by Crippen LogP contribution is -2.58. The van der Waals surface area contributed by atoms with E-state index in [1.165, 1.54) is 0 Å². The maximum Gasteiger partial charge on any atom is 0.326 e. The molecule has 36 heavy (non-hydrogen) atoms. The number of unbranched alkanes of at least 4 members (excludes halogenated alkanes) is 1. The standard InChI is InChI=1S/C21H41N9O6/c1-11(2)16(30-17(32)12(23)10-15(24)31)19(34)28-13(6-3-4-8-22)18(33)29-14(20(35)36)7-5-9-27-21(25)26/h11-14,16H,3-10,22-23H2,1-2H3,(H2,24,31)(H,28,34)(H,29,33)(H,30,32)(H,35,36)(H4,25,26,27). The van der Waals surface area contributed by atoms with Crippen LogP contribution in [0.15, 0.2) is 4.99 Å². The number of hydrogen-bond acceptors (Lipinski definition) is 8. The smallest absolute Gasteiger partial charge is 0.326 e. The van der Waals surface area contributed by atoms with Crippen LogP contribution in [0.2, 0.25) is 0 Å². The Morgan fingerprint density at radius 1 is 0.833 bits per heavy atom. The van der Waals surface area contributed by atoms with Crippen molar-refractivity contribution in [2.75, 3.05) is 13.1 Å². The quantitative estimate of drug-likeness (QED) is 0.0494. The van der Waals surface area contributed by atoms with E-state index in [4.69, 9.17) is 28.7 Å². The van der Waals surface area contributed by atoms with Gasteiger partial charge in [0, 0.05) is 6.54 Å². The maximum atomic E-state index is 13.0. The van der Waals surface area contributed by atoms with Crippen LogP contribution in [0.3, 0.4) is 0 Å². The molecule has 0 aliphatic rings. The summed E-state index contributed by atoms with van der Waals surface area (Å²) < 4.78 is 0. The van der Waals surface area contributed by atoms with E-state index < -0.39 is 66.1 Å². The van der Waals surface area contributed by atoms with Crippen LogP contribution in [0.1, 0.15) is 52.4 Å². The molecule has 0 saturated carbocycles. The van der Waals surface area contributed by atoms with Crippen LogP contribution in [-0.4, -0.2) is 77.9 Å². The first-order valence-electron chi connectivity index (χ1n) is 11.7. The van der Waals surface area contributed by atoms with E-state index in [9.17, 15) is 29.1 Å². The first-order valence-corrected chi connectivity index (χ1v) is 11.7. The van der Waals surface area contributed by atoms with Crippen molar-refractivity contribution >= 4 is 35.6 Å². The largest absolute Gasteiger partial charge is 0.480 e. The Hall–Kier alpha value is -3.46. The fraction of sp³-hybridized carbons (Fsp3) is 0.714. The molecule has 0 bridgehead atoms. The van der Waals surface area contributed by atoms with Crippen LogP contribution in [0.4, 0.5) is 0 Å². The third kappa shape index (κ3) is 13.4. The fourth-order valence-electron chi connectivity index (χ4n) is 3.16. The monoisotopic (exact) mass is 515 g/mol. The number of aliphatic imine (C=N–C) groups is 1. The van der Waals surface area contributed by atoms with E-state index in [2.05, 4.69) is 20.9 Å². The van der Waals surface area contributed by atoms with Crippen LogP contribution >= 0.6 is 0 Å². The predicted octanol–water partition coefficient (Wildman–Crippen LogP) is -3.43. The van der Waals surface area contributed by atoms with Gasteiger partial charge in [-0.25, -0.2) is 4.79 Å². The van der Waals surface area contributed by atoms with Crippen molar-refractivity contribution in [2.45, 2.75) is 76.5 Å². The Balaban J connectivity index is 5.43. The summed E-state index contributed by atoms with van der Waals surface area (Å²) >= 11 is 0. The van der Waals surface area contributed by atoms with Crippen molar-refractivity contribution in [1.82, 2.24) is 16.0 Å². The minimum atomic E-state index is -1.25. The van der Waals surface area contributed by atoms with Crippen molar-refractivity contribution < 1.29 is 29.1 Å². The van der Waals surface area contributed by atoms with Gasteiger partial charge in [0.25, 0.3) is 0 Å². The number of nitrogens with two attached hydrogens (primary N) is 5. The zero-order valence-corrected chi connectivity index (χ0v) is 20.9. The SMILES string of the molecule is CC(C)C(NC(=O)C(N)CC(N)=O)C(=O)NC(CCCCN)C(=O)NC(CCCN=C(N)N)C(=O)O. The number of carboxylic acids is 1. The Morgan fingerprint density at radius 3 is 1.92 bits per heavy atom. The Labute approximate surface area is 210 Å². The second-order valence-corrected chi connectivity index (χ2v) is 8.70. The van der Waals surface area contributed by atoms with E-state index >= 15 is 0 Å². The summed E-state index contributed by atoms with van der Waals surface area (Å²) in [7, 11) is 0. The average Bonchev–Trinajstić information content (AvgIpc) is 2.77. The molecule has 0 aliphatic carbocycles. The van der Waals surface area contributed by atoms with Gasteiger partial charge < -0.3 is 49.7 Å². The summed E-state index contributed by atoms with van der Waals surface area (Å²) in [5, 5.41) is 17.0. The molecule has 4 atom stereocenters. The molecule has 0 aromatic heterocycles. The molecule has 0 heterocycles. The molecule has 4 amide bonds. The molecule has 15 heteroatoms. The van der Waals surface area contributed by atoms with Gasteiger partial charge in [-0.05, 0) is 44.6 Å². The topological polar surface area (TPSA) is 284 Å². The summed E-state index contributed by atoms with van der Waals surface area (Å²) in [6.45, 7) is 3.90. The number of carbonyl (C=O) groups is 5. The summed E-state index contributed by atoms with van der Waals surface area (Å²) in [6, 6.07) is -4.62. The van der Waals surface area contributed by atoms with E-state index in [1.807, 2.05) is 0 Å². The molecule has 4 unspecified atom stereocenters. The van der Waals surface area contributed by atoms with E-state index in [1.54, 1.807) is 13.8 Å². The van der Waals surface area contributed by atoms with Crippen LogP contribution in [0.25, 0.3) is 0 Å². The highest BCUT2D eigenvalue weighted by Gasteiger charge is 2.31. The first-order chi connectivity index (χ1) is 16.8. The zero-order chi connectivity index (χ0) is 27.8. The number of nitrogens with zero attached hydrogens (tertiary/aromatic N) is 1. The number of carbonyl (C=O) groups excluding carboxylic acids is 4.